The fraction of sp³-hybridized carbons (Fsp3) is 0.562. The van der Waals surface area contributed by atoms with Gasteiger partial charge in [0.25, 0.3) is 0 Å². The van der Waals surface area contributed by atoms with E-state index < -0.39 is 0 Å². The van der Waals surface area contributed by atoms with Crippen molar-refractivity contribution in [1.29, 1.82) is 0 Å². The minimum atomic E-state index is -0.378. The number of hydrogen-bond donors (Lipinski definition) is 1. The van der Waals surface area contributed by atoms with Gasteiger partial charge in [0.05, 0.1) is 0 Å². The van der Waals surface area contributed by atoms with Crippen LogP contribution in [0.25, 0.3) is 0 Å². The van der Waals surface area contributed by atoms with E-state index in [2.05, 4.69) is 18.3 Å². The molecule has 0 heterocycles. The molecule has 1 atom stereocenters. The normalized spacial score (nSPS) is 20.3. The van der Waals surface area contributed by atoms with Gasteiger partial charge in [-0.25, -0.2) is 4.79 Å². The minimum absolute atomic E-state index is 0.0460. The van der Waals surface area contributed by atoms with Gasteiger partial charge < -0.3 is 4.74 Å². The zero-order valence-corrected chi connectivity index (χ0v) is 12.8. The molecular formula is C16H27NO2. The molecule has 0 aliphatic heterocycles. The highest BCUT2D eigenvalue weighted by Gasteiger charge is 2.08. The van der Waals surface area contributed by atoms with E-state index in [0.717, 1.165) is 25.0 Å². The largest absolute Gasteiger partial charge is 0.446 e. The number of allylic oxidation sites excluding steroid dienone is 5. The van der Waals surface area contributed by atoms with Crippen molar-refractivity contribution in [3.8, 4) is 0 Å². The van der Waals surface area contributed by atoms with Gasteiger partial charge in [-0.05, 0) is 39.2 Å². The van der Waals surface area contributed by atoms with Crippen LogP contribution in [0.15, 0.2) is 35.6 Å². The highest BCUT2D eigenvalue weighted by Crippen LogP contribution is 2.09. The monoisotopic (exact) mass is 265 g/mol. The van der Waals surface area contributed by atoms with Crippen LogP contribution < -0.4 is 5.32 Å². The summed E-state index contributed by atoms with van der Waals surface area (Å²) < 4.78 is 5.16. The third-order valence-corrected chi connectivity index (χ3v) is 2.67. The molecule has 0 saturated heterocycles. The zero-order chi connectivity index (χ0) is 14.7. The average molecular weight is 265 g/mol. The first-order valence-electron chi connectivity index (χ1n) is 7.11. The predicted molar refractivity (Wildman–Crippen MR) is 80.9 cm³/mol. The van der Waals surface area contributed by atoms with Crippen molar-refractivity contribution in [2.75, 3.05) is 0 Å². The lowest BCUT2D eigenvalue weighted by Gasteiger charge is -2.12. The molecule has 3 nitrogen and oxygen atoms in total. The van der Waals surface area contributed by atoms with E-state index in [-0.39, 0.29) is 12.2 Å². The van der Waals surface area contributed by atoms with Crippen LogP contribution in [0.4, 0.5) is 4.79 Å². The molecule has 0 fully saturated rings. The van der Waals surface area contributed by atoms with Gasteiger partial charge in [-0.2, -0.15) is 0 Å². The van der Waals surface area contributed by atoms with Crippen LogP contribution in [-0.2, 0) is 4.74 Å². The van der Waals surface area contributed by atoms with Gasteiger partial charge in [-0.3, -0.25) is 5.32 Å². The summed E-state index contributed by atoms with van der Waals surface area (Å²) >= 11 is 0. The molecule has 19 heavy (non-hydrogen) atoms. The van der Waals surface area contributed by atoms with Crippen LogP contribution in [0, 0.1) is 0 Å². The van der Waals surface area contributed by atoms with E-state index in [9.17, 15) is 4.79 Å². The summed E-state index contributed by atoms with van der Waals surface area (Å²) in [5, 5.41) is 2.75. The topological polar surface area (TPSA) is 38.3 Å². The number of amides is 1. The number of ether oxygens (including phenoxy) is 1. The zero-order valence-electron chi connectivity index (χ0n) is 12.8. The first-order valence-corrected chi connectivity index (χ1v) is 7.11. The molecule has 108 valence electrons. The highest BCUT2D eigenvalue weighted by atomic mass is 16.6. The molecule has 1 rings (SSSR count). The molecule has 1 N–H and O–H groups in total. The lowest BCUT2D eigenvalue weighted by atomic mass is 10.1. The fourth-order valence-electron chi connectivity index (χ4n) is 1.42. The standard InChI is InChI=1S/C14H21NO2.C2H6/c1-4-12(3)17-14(16)15-13-9-5-7-11(2)8-6-10-13;1-2/h5,8-10,12H,4,6-7H2,1-3H3,(H,15,16);1-2H3/b9-5-,11-8-,13-10?;. The molecule has 0 aromatic carbocycles. The van der Waals surface area contributed by atoms with Crippen LogP contribution in [0.3, 0.4) is 0 Å². The van der Waals surface area contributed by atoms with Gasteiger partial charge in [0.15, 0.2) is 0 Å². The van der Waals surface area contributed by atoms with Crippen LogP contribution >= 0.6 is 0 Å². The molecule has 0 spiro atoms. The number of alkyl carbamates (subject to hydrolysis) is 1. The molecule has 0 aromatic rings. The molecular weight excluding hydrogens is 238 g/mol. The summed E-state index contributed by atoms with van der Waals surface area (Å²) in [6.45, 7) is 9.97. The summed E-state index contributed by atoms with van der Waals surface area (Å²) in [5.41, 5.74) is 2.15. The van der Waals surface area contributed by atoms with E-state index in [1.165, 1.54) is 5.57 Å². The lowest BCUT2D eigenvalue weighted by molar-refractivity contribution is 0.107. The van der Waals surface area contributed by atoms with Gasteiger partial charge in [-0.1, -0.05) is 44.6 Å². The Morgan fingerprint density at radius 2 is 2.11 bits per heavy atom. The smallest absolute Gasteiger partial charge is 0.411 e. The van der Waals surface area contributed by atoms with E-state index in [1.807, 2.05) is 45.9 Å². The first kappa shape index (κ1) is 17.5. The van der Waals surface area contributed by atoms with Crippen molar-refractivity contribution in [1.82, 2.24) is 5.32 Å². The summed E-state index contributed by atoms with van der Waals surface area (Å²) in [7, 11) is 0. The number of nitrogens with one attached hydrogen (secondary N) is 1. The molecule has 0 saturated carbocycles. The Bertz CT molecular complexity index is 354. The number of rotatable bonds is 3. The maximum Gasteiger partial charge on any atom is 0.411 e. The highest BCUT2D eigenvalue weighted by molar-refractivity contribution is 5.70. The van der Waals surface area contributed by atoms with Crippen LogP contribution in [0.1, 0.15) is 53.9 Å². The average Bonchev–Trinajstić information content (AvgIpc) is 2.38. The van der Waals surface area contributed by atoms with Crippen molar-refractivity contribution in [3.05, 3.63) is 35.6 Å². The molecule has 0 aromatic heterocycles. The predicted octanol–water partition coefficient (Wildman–Crippen LogP) is 4.72. The molecule has 1 unspecified atom stereocenters. The van der Waals surface area contributed by atoms with Crippen LogP contribution in [0.5, 0.6) is 0 Å². The van der Waals surface area contributed by atoms with Crippen LogP contribution in [0.2, 0.25) is 0 Å². The second kappa shape index (κ2) is 10.4. The minimum Gasteiger partial charge on any atom is -0.446 e. The number of carbonyl (C=O) groups is 1. The maximum absolute atomic E-state index is 11.5. The Hall–Kier alpha value is -1.51. The fourth-order valence-corrected chi connectivity index (χ4v) is 1.42. The summed E-state index contributed by atoms with van der Waals surface area (Å²) in [4.78, 5) is 11.5. The van der Waals surface area contributed by atoms with Gasteiger partial charge in [0.2, 0.25) is 0 Å². The van der Waals surface area contributed by atoms with Crippen LogP contribution in [-0.4, -0.2) is 12.2 Å². The van der Waals surface area contributed by atoms with Crippen molar-refractivity contribution < 1.29 is 9.53 Å². The van der Waals surface area contributed by atoms with Gasteiger partial charge in [0.1, 0.15) is 6.10 Å². The number of carbonyl (C=O) groups excluding carboxylic acids is 1. The molecule has 1 amide bonds. The van der Waals surface area contributed by atoms with E-state index in [0.29, 0.717) is 0 Å². The number of hydrogen-bond acceptors (Lipinski definition) is 2. The second-order valence-electron chi connectivity index (χ2n) is 4.30. The van der Waals surface area contributed by atoms with Gasteiger partial charge in [0, 0.05) is 5.70 Å². The van der Waals surface area contributed by atoms with Gasteiger partial charge >= 0.3 is 6.09 Å². The van der Waals surface area contributed by atoms with Crippen molar-refractivity contribution in [2.24, 2.45) is 0 Å². The summed E-state index contributed by atoms with van der Waals surface area (Å²) in [5.74, 6) is 0. The second-order valence-corrected chi connectivity index (χ2v) is 4.30. The molecule has 1 aliphatic carbocycles. The maximum atomic E-state index is 11.5. The van der Waals surface area contributed by atoms with Crippen molar-refractivity contribution in [3.63, 3.8) is 0 Å². The Morgan fingerprint density at radius 3 is 2.74 bits per heavy atom. The summed E-state index contributed by atoms with van der Waals surface area (Å²) in [6, 6.07) is 0. The Morgan fingerprint density at radius 1 is 1.42 bits per heavy atom. The third kappa shape index (κ3) is 8.25. The quantitative estimate of drug-likeness (QED) is 0.750. The third-order valence-electron chi connectivity index (χ3n) is 2.67. The Balaban J connectivity index is 0.00000154. The lowest BCUT2D eigenvalue weighted by Crippen LogP contribution is -2.26. The SMILES string of the molecule is CC.CCC(C)OC(=O)NC1=CC/C=C(/C)C/C=C\1. The summed E-state index contributed by atoms with van der Waals surface area (Å²) in [6.07, 6.45) is 10.3. The molecule has 0 bridgehead atoms. The van der Waals surface area contributed by atoms with E-state index in [1.54, 1.807) is 0 Å². The molecule has 0 radical (unpaired) electrons. The molecule has 1 aliphatic rings. The van der Waals surface area contributed by atoms with Gasteiger partial charge in [-0.15, -0.1) is 0 Å². The molecule has 3 heteroatoms. The van der Waals surface area contributed by atoms with E-state index >= 15 is 0 Å². The Kier molecular flexibility index (Phi) is 9.59. The van der Waals surface area contributed by atoms with Crippen molar-refractivity contribution >= 4 is 6.09 Å². The van der Waals surface area contributed by atoms with E-state index in [4.69, 9.17) is 4.74 Å². The first-order chi connectivity index (χ1) is 9.11. The Labute approximate surface area is 117 Å². The van der Waals surface area contributed by atoms with Crippen molar-refractivity contribution in [2.45, 2.75) is 60.0 Å².